The Bertz CT molecular complexity index is 1330. The van der Waals surface area contributed by atoms with E-state index in [0.717, 1.165) is 39.0 Å². The summed E-state index contributed by atoms with van der Waals surface area (Å²) in [4.78, 5) is 22.2. The number of H-pyrrole nitrogens is 1. The van der Waals surface area contributed by atoms with E-state index in [4.69, 9.17) is 9.47 Å². The summed E-state index contributed by atoms with van der Waals surface area (Å²) in [5.41, 5.74) is 3.73. The van der Waals surface area contributed by atoms with Gasteiger partial charge in [0.1, 0.15) is 23.8 Å². The lowest BCUT2D eigenvalue weighted by Crippen LogP contribution is -2.38. The number of carbonyl (C=O) groups excluding carboxylic acids is 1. The van der Waals surface area contributed by atoms with Crippen molar-refractivity contribution >= 4 is 17.0 Å². The molecule has 0 atom stereocenters. The third kappa shape index (κ3) is 6.38. The van der Waals surface area contributed by atoms with Crippen LogP contribution in [0.2, 0.25) is 0 Å². The summed E-state index contributed by atoms with van der Waals surface area (Å²) in [6.07, 6.45) is 2.94. The van der Waals surface area contributed by atoms with Crippen LogP contribution in [0.4, 0.5) is 9.18 Å². The fraction of sp³-hybridized carbons (Fsp3) is 0.286. The molecule has 4 aromatic rings. The molecule has 4 rings (SSSR count). The Morgan fingerprint density at radius 2 is 1.86 bits per heavy atom. The van der Waals surface area contributed by atoms with Gasteiger partial charge in [-0.2, -0.15) is 0 Å². The van der Waals surface area contributed by atoms with Gasteiger partial charge in [-0.05, 0) is 75.2 Å². The van der Waals surface area contributed by atoms with Gasteiger partial charge in [-0.1, -0.05) is 18.2 Å². The average Bonchev–Trinajstić information content (AvgIpc) is 3.18. The van der Waals surface area contributed by atoms with Crippen molar-refractivity contribution in [3.63, 3.8) is 0 Å². The Balaban J connectivity index is 1.51. The van der Waals surface area contributed by atoms with E-state index >= 15 is 0 Å². The number of carbonyl (C=O) groups is 1. The molecule has 2 heterocycles. The van der Waals surface area contributed by atoms with Crippen molar-refractivity contribution < 1.29 is 18.7 Å². The Morgan fingerprint density at radius 1 is 1.06 bits per heavy atom. The topological polar surface area (TPSA) is 67.4 Å². The molecule has 2 aromatic heterocycles. The predicted octanol–water partition coefficient (Wildman–Crippen LogP) is 6.49. The van der Waals surface area contributed by atoms with Crippen LogP contribution in [0, 0.1) is 12.7 Å². The molecule has 0 unspecified atom stereocenters. The first-order valence-electron chi connectivity index (χ1n) is 11.6. The molecule has 0 radical (unpaired) electrons. The molecule has 0 aliphatic carbocycles. The summed E-state index contributed by atoms with van der Waals surface area (Å²) >= 11 is 0. The predicted molar refractivity (Wildman–Crippen MR) is 135 cm³/mol. The van der Waals surface area contributed by atoms with Gasteiger partial charge >= 0.3 is 6.09 Å². The molecule has 35 heavy (non-hydrogen) atoms. The summed E-state index contributed by atoms with van der Waals surface area (Å²) in [5, 5.41) is 1.00. The van der Waals surface area contributed by atoms with E-state index in [-0.39, 0.29) is 12.4 Å². The lowest BCUT2D eigenvalue weighted by Gasteiger charge is -2.27. The zero-order valence-corrected chi connectivity index (χ0v) is 20.5. The van der Waals surface area contributed by atoms with Gasteiger partial charge in [0, 0.05) is 34.6 Å². The molecule has 0 aliphatic heterocycles. The molecular weight excluding hydrogens is 445 g/mol. The number of aryl methyl sites for hydroxylation is 1. The summed E-state index contributed by atoms with van der Waals surface area (Å²) in [5.74, 6) is 0.443. The second-order valence-corrected chi connectivity index (χ2v) is 9.51. The highest BCUT2D eigenvalue weighted by Gasteiger charge is 2.23. The largest absolute Gasteiger partial charge is 0.491 e. The van der Waals surface area contributed by atoms with Gasteiger partial charge in [-0.3, -0.25) is 4.98 Å². The van der Waals surface area contributed by atoms with Crippen LogP contribution in [-0.2, 0) is 11.3 Å². The van der Waals surface area contributed by atoms with Crippen molar-refractivity contribution in [1.29, 1.82) is 0 Å². The molecule has 1 N–H and O–H groups in total. The Morgan fingerprint density at radius 3 is 2.63 bits per heavy atom. The molecule has 6 nitrogen and oxygen atoms in total. The molecule has 0 saturated carbocycles. The fourth-order valence-corrected chi connectivity index (χ4v) is 3.84. The number of fused-ring (bicyclic) bond motifs is 1. The minimum absolute atomic E-state index is 0.280. The van der Waals surface area contributed by atoms with Crippen molar-refractivity contribution in [2.45, 2.75) is 39.8 Å². The molecule has 182 valence electrons. The van der Waals surface area contributed by atoms with Gasteiger partial charge in [0.2, 0.25) is 0 Å². The van der Waals surface area contributed by atoms with E-state index in [2.05, 4.69) is 9.97 Å². The minimum atomic E-state index is -0.633. The SMILES string of the molecule is Cc1cc2c(OCCN(Cc3cncc(-c4cccc(F)c4)c3)C(=O)OC(C)(C)C)cccc2[nH]1. The molecule has 0 aliphatic rings. The number of hydrogen-bond donors (Lipinski definition) is 1. The van der Waals surface area contributed by atoms with Crippen LogP contribution in [0.3, 0.4) is 0 Å². The number of amides is 1. The summed E-state index contributed by atoms with van der Waals surface area (Å²) in [7, 11) is 0. The molecular formula is C28H30FN3O3. The lowest BCUT2D eigenvalue weighted by molar-refractivity contribution is 0.0209. The van der Waals surface area contributed by atoms with E-state index in [1.807, 2.05) is 64.1 Å². The highest BCUT2D eigenvalue weighted by molar-refractivity contribution is 5.86. The van der Waals surface area contributed by atoms with Crippen LogP contribution in [0.15, 0.2) is 67.0 Å². The molecule has 2 aromatic carbocycles. The number of nitrogens with one attached hydrogen (secondary N) is 1. The van der Waals surface area contributed by atoms with Crippen LogP contribution in [0.25, 0.3) is 22.0 Å². The summed E-state index contributed by atoms with van der Waals surface area (Å²) in [6, 6.07) is 16.2. The van der Waals surface area contributed by atoms with E-state index in [9.17, 15) is 9.18 Å². The Hall–Kier alpha value is -3.87. The van der Waals surface area contributed by atoms with Gasteiger partial charge in [-0.25, -0.2) is 9.18 Å². The number of aromatic amines is 1. The van der Waals surface area contributed by atoms with Crippen molar-refractivity contribution in [3.8, 4) is 16.9 Å². The quantitative estimate of drug-likeness (QED) is 0.332. The van der Waals surface area contributed by atoms with Gasteiger partial charge in [0.25, 0.3) is 0 Å². The van der Waals surface area contributed by atoms with E-state index in [1.54, 1.807) is 23.4 Å². The van der Waals surface area contributed by atoms with Crippen LogP contribution < -0.4 is 4.74 Å². The summed E-state index contributed by atoms with van der Waals surface area (Å²) < 4.78 is 25.4. The molecule has 7 heteroatoms. The maximum atomic E-state index is 13.7. The van der Waals surface area contributed by atoms with E-state index in [1.165, 1.54) is 12.1 Å². The number of ether oxygens (including phenoxy) is 2. The molecule has 0 fully saturated rings. The zero-order chi connectivity index (χ0) is 25.0. The van der Waals surface area contributed by atoms with E-state index < -0.39 is 11.7 Å². The van der Waals surface area contributed by atoms with Crippen molar-refractivity contribution in [1.82, 2.24) is 14.9 Å². The highest BCUT2D eigenvalue weighted by Crippen LogP contribution is 2.26. The number of aromatic nitrogens is 2. The lowest BCUT2D eigenvalue weighted by atomic mass is 10.1. The monoisotopic (exact) mass is 475 g/mol. The smallest absolute Gasteiger partial charge is 0.410 e. The third-order valence-corrected chi connectivity index (χ3v) is 5.36. The second kappa shape index (κ2) is 10.2. The maximum Gasteiger partial charge on any atom is 0.410 e. The molecule has 1 amide bonds. The average molecular weight is 476 g/mol. The van der Waals surface area contributed by atoms with Gasteiger partial charge in [0.15, 0.2) is 0 Å². The van der Waals surface area contributed by atoms with Crippen LogP contribution in [-0.4, -0.2) is 39.7 Å². The standard InChI is InChI=1S/C28H30FN3O3/c1-19-13-24-25(31-19)9-6-10-26(24)34-12-11-32(27(33)35-28(2,3)4)18-20-14-22(17-30-16-20)21-7-5-8-23(29)15-21/h5-10,13-17,31H,11-12,18H2,1-4H3. The number of rotatable bonds is 7. The van der Waals surface area contributed by atoms with Crippen LogP contribution in [0.1, 0.15) is 32.0 Å². The van der Waals surface area contributed by atoms with Gasteiger partial charge in [0.05, 0.1) is 13.1 Å². The molecule has 0 spiro atoms. The number of hydrogen-bond acceptors (Lipinski definition) is 4. The van der Waals surface area contributed by atoms with E-state index in [0.29, 0.717) is 13.2 Å². The van der Waals surface area contributed by atoms with Crippen LogP contribution >= 0.6 is 0 Å². The Labute approximate surface area is 204 Å². The minimum Gasteiger partial charge on any atom is -0.491 e. The molecule has 0 bridgehead atoms. The second-order valence-electron chi connectivity index (χ2n) is 9.51. The van der Waals surface area contributed by atoms with Crippen molar-refractivity contribution in [2.24, 2.45) is 0 Å². The highest BCUT2D eigenvalue weighted by atomic mass is 19.1. The number of pyridine rings is 1. The maximum absolute atomic E-state index is 13.7. The first-order chi connectivity index (χ1) is 16.7. The number of nitrogens with zero attached hydrogens (tertiary/aromatic N) is 2. The normalized spacial score (nSPS) is 11.5. The fourth-order valence-electron chi connectivity index (χ4n) is 3.84. The van der Waals surface area contributed by atoms with Crippen LogP contribution in [0.5, 0.6) is 5.75 Å². The van der Waals surface area contributed by atoms with Gasteiger partial charge in [-0.15, -0.1) is 0 Å². The third-order valence-electron chi connectivity index (χ3n) is 5.36. The van der Waals surface area contributed by atoms with Crippen molar-refractivity contribution in [2.75, 3.05) is 13.2 Å². The Kier molecular flexibility index (Phi) is 7.05. The first kappa shape index (κ1) is 24.3. The van der Waals surface area contributed by atoms with Gasteiger partial charge < -0.3 is 19.4 Å². The number of halogens is 1. The first-order valence-corrected chi connectivity index (χ1v) is 11.6. The number of benzene rings is 2. The molecule has 0 saturated heterocycles. The summed E-state index contributed by atoms with van der Waals surface area (Å²) in [6.45, 7) is 8.39. The zero-order valence-electron chi connectivity index (χ0n) is 20.5. The van der Waals surface area contributed by atoms with Crippen molar-refractivity contribution in [3.05, 3.63) is 84.1 Å².